The van der Waals surface area contributed by atoms with Crippen LogP contribution >= 0.6 is 11.6 Å². The molecule has 0 spiro atoms. The predicted molar refractivity (Wildman–Crippen MR) is 170 cm³/mol. The summed E-state index contributed by atoms with van der Waals surface area (Å²) in [6.45, 7) is 4.79. The Balaban J connectivity index is 1.11. The molecule has 1 aliphatic heterocycles. The average Bonchev–Trinajstić information content (AvgIpc) is 3.39. The lowest BCUT2D eigenvalue weighted by molar-refractivity contribution is -0.117. The summed E-state index contributed by atoms with van der Waals surface area (Å²) < 4.78 is 38.1. The zero-order chi connectivity index (χ0) is 32.0. The zero-order valence-corrected chi connectivity index (χ0v) is 25.7. The second-order valence-electron chi connectivity index (χ2n) is 10.6. The van der Waals surface area contributed by atoms with Gasteiger partial charge in [0.15, 0.2) is 28.8 Å². The van der Waals surface area contributed by atoms with E-state index in [-0.39, 0.29) is 23.7 Å². The lowest BCUT2D eigenvalue weighted by Crippen LogP contribution is -2.37. The second kappa shape index (κ2) is 14.1. The molecule has 2 N–H and O–H groups in total. The lowest BCUT2D eigenvalue weighted by atomic mass is 10.1. The molecule has 3 aromatic carbocycles. The first kappa shape index (κ1) is 31.2. The number of para-hydroxylation sites is 1. The number of nitrogens with zero attached hydrogens (tertiary/aromatic N) is 4. The molecule has 0 bridgehead atoms. The van der Waals surface area contributed by atoms with Gasteiger partial charge in [-0.25, -0.2) is 4.39 Å². The number of ether oxygens (including phenoxy) is 4. The molecule has 11 nitrogen and oxygen atoms in total. The lowest BCUT2D eigenvalue weighted by Gasteiger charge is -2.26. The molecule has 0 radical (unpaired) electrons. The number of aromatic nitrogens is 2. The predicted octanol–water partition coefficient (Wildman–Crippen LogP) is 6.97. The van der Waals surface area contributed by atoms with Gasteiger partial charge in [0.1, 0.15) is 5.75 Å². The van der Waals surface area contributed by atoms with Crippen molar-refractivity contribution < 1.29 is 33.2 Å². The van der Waals surface area contributed by atoms with Gasteiger partial charge in [-0.15, -0.1) is 10.2 Å². The summed E-state index contributed by atoms with van der Waals surface area (Å²) in [5, 5.41) is 19.3. The number of benzene rings is 3. The fraction of sp³-hybridized carbons (Fsp3) is 0.273. The monoisotopic (exact) mass is 647 g/mol. The number of rotatable bonds is 11. The molecule has 13 heteroatoms. The van der Waals surface area contributed by atoms with E-state index in [1.54, 1.807) is 55.8 Å². The number of fused-ring (bicyclic) bond motifs is 2. The second-order valence-corrected chi connectivity index (χ2v) is 11.0. The number of methoxy groups -OCH3 is 1. The summed E-state index contributed by atoms with van der Waals surface area (Å²) >= 11 is 6.14. The highest BCUT2D eigenvalue weighted by Crippen LogP contribution is 2.39. The van der Waals surface area contributed by atoms with Crippen LogP contribution in [-0.4, -0.2) is 72.4 Å². The molecule has 1 saturated heterocycles. The summed E-state index contributed by atoms with van der Waals surface area (Å²) in [5.41, 5.74) is 1.53. The van der Waals surface area contributed by atoms with E-state index in [0.29, 0.717) is 56.2 Å². The largest absolute Gasteiger partial charge is 0.493 e. The van der Waals surface area contributed by atoms with Crippen molar-refractivity contribution in [3.8, 4) is 28.9 Å². The number of aromatic hydroxyl groups is 1. The molecule has 0 aliphatic carbocycles. The fourth-order valence-corrected chi connectivity index (χ4v) is 5.43. The topological polar surface area (TPSA) is 131 Å². The van der Waals surface area contributed by atoms with Crippen molar-refractivity contribution in [2.24, 2.45) is 10.2 Å². The number of hydrogen-bond acceptors (Lipinski definition) is 9. The van der Waals surface area contributed by atoms with Gasteiger partial charge in [0.05, 0.1) is 49.4 Å². The Hall–Kier alpha value is -4.78. The number of nitrogens with one attached hydrogen (secondary N) is 1. The molecule has 5 aromatic rings. The highest BCUT2D eigenvalue weighted by atomic mass is 35.5. The number of amides is 1. The third-order valence-electron chi connectivity index (χ3n) is 7.54. The minimum atomic E-state index is -0.664. The molecule has 2 aromatic heterocycles. The molecule has 1 fully saturated rings. The number of hydrogen-bond donors (Lipinski definition) is 2. The van der Waals surface area contributed by atoms with Crippen LogP contribution in [0.2, 0.25) is 5.02 Å². The van der Waals surface area contributed by atoms with Gasteiger partial charge in [-0.05, 0) is 42.3 Å². The first-order valence-corrected chi connectivity index (χ1v) is 15.1. The number of pyridine rings is 1. The van der Waals surface area contributed by atoms with Crippen LogP contribution in [0, 0.1) is 5.82 Å². The van der Waals surface area contributed by atoms with Crippen LogP contribution in [0.3, 0.4) is 0 Å². The highest BCUT2D eigenvalue weighted by molar-refractivity contribution is 6.35. The number of carbonyl (C=O) groups excluding carboxylic acids is 1. The molecule has 46 heavy (non-hydrogen) atoms. The molecule has 1 aliphatic rings. The van der Waals surface area contributed by atoms with E-state index in [1.807, 2.05) is 0 Å². The van der Waals surface area contributed by atoms with Gasteiger partial charge in [-0.1, -0.05) is 29.8 Å². The van der Waals surface area contributed by atoms with Crippen molar-refractivity contribution >= 4 is 45.0 Å². The van der Waals surface area contributed by atoms with Gasteiger partial charge in [0.25, 0.3) is 5.91 Å². The van der Waals surface area contributed by atoms with Crippen molar-refractivity contribution in [3.05, 3.63) is 77.2 Å². The zero-order valence-electron chi connectivity index (χ0n) is 25.0. The summed E-state index contributed by atoms with van der Waals surface area (Å²) in [7, 11) is 1.55. The number of H-pyrrole nitrogens is 1. The normalized spacial score (nSPS) is 13.9. The minimum Gasteiger partial charge on any atom is -0.493 e. The SMILES string of the molecule is COc1cc2c(Oc3ccc(CC(=O)N=Nc4c(O)[nH]c5c(Cl)cccc45)cc3F)ccnc2cc1OCCCN1CCOCC1. The smallest absolute Gasteiger partial charge is 0.269 e. The van der Waals surface area contributed by atoms with Gasteiger partial charge >= 0.3 is 0 Å². The quantitative estimate of drug-likeness (QED) is 0.116. The molecular weight excluding hydrogens is 617 g/mol. The molecule has 0 saturated carbocycles. The Bertz CT molecular complexity index is 1910. The van der Waals surface area contributed by atoms with Gasteiger partial charge in [-0.2, -0.15) is 0 Å². The van der Waals surface area contributed by atoms with Gasteiger partial charge < -0.3 is 29.0 Å². The summed E-state index contributed by atoms with van der Waals surface area (Å²) in [4.78, 5) is 22.0. The molecular formula is C33H31ClFN5O6. The van der Waals surface area contributed by atoms with E-state index < -0.39 is 11.7 Å². The van der Waals surface area contributed by atoms with E-state index >= 15 is 4.39 Å². The van der Waals surface area contributed by atoms with Crippen LogP contribution in [0.1, 0.15) is 12.0 Å². The van der Waals surface area contributed by atoms with Crippen LogP contribution in [-0.2, 0) is 16.0 Å². The molecule has 6 rings (SSSR count). The van der Waals surface area contributed by atoms with Crippen molar-refractivity contribution in [3.63, 3.8) is 0 Å². The van der Waals surface area contributed by atoms with E-state index in [1.165, 1.54) is 12.1 Å². The van der Waals surface area contributed by atoms with Crippen molar-refractivity contribution in [2.45, 2.75) is 12.8 Å². The standard InChI is InChI=1S/C33H31ClFN5O6/c1-43-28-18-22-25(19-29(28)45-13-3-10-40-11-14-44-15-12-40)36-9-8-26(22)46-27-7-6-20(16-24(27)35)17-30(41)38-39-32-21-4-2-5-23(34)31(21)37-33(32)42/h2,4-9,16,18-19,37,42H,3,10-15,17H2,1H3. The molecule has 3 heterocycles. The molecule has 0 unspecified atom stereocenters. The number of morpholine rings is 1. The van der Waals surface area contributed by atoms with Crippen LogP contribution in [0.15, 0.2) is 71.0 Å². The van der Waals surface area contributed by atoms with E-state index in [4.69, 9.17) is 30.5 Å². The Labute approximate surface area is 268 Å². The molecule has 238 valence electrons. The van der Waals surface area contributed by atoms with Crippen LogP contribution in [0.5, 0.6) is 28.9 Å². The van der Waals surface area contributed by atoms with Crippen molar-refractivity contribution in [2.75, 3.05) is 46.6 Å². The van der Waals surface area contributed by atoms with Gasteiger partial charge in [0, 0.05) is 42.7 Å². The van der Waals surface area contributed by atoms with Gasteiger partial charge in [0.2, 0.25) is 5.88 Å². The Morgan fingerprint density at radius 1 is 1.09 bits per heavy atom. The first-order chi connectivity index (χ1) is 22.4. The van der Waals surface area contributed by atoms with E-state index in [0.717, 1.165) is 39.3 Å². The van der Waals surface area contributed by atoms with Crippen molar-refractivity contribution in [1.82, 2.24) is 14.9 Å². The fourth-order valence-electron chi connectivity index (χ4n) is 5.21. The third kappa shape index (κ3) is 7.04. The van der Waals surface area contributed by atoms with Crippen LogP contribution in [0.25, 0.3) is 21.8 Å². The Morgan fingerprint density at radius 2 is 1.93 bits per heavy atom. The molecule has 0 atom stereocenters. The van der Waals surface area contributed by atoms with E-state index in [2.05, 4.69) is 25.1 Å². The minimum absolute atomic E-state index is 0.0340. The Morgan fingerprint density at radius 3 is 2.74 bits per heavy atom. The summed E-state index contributed by atoms with van der Waals surface area (Å²) in [6, 6.07) is 14.4. The van der Waals surface area contributed by atoms with Gasteiger partial charge in [-0.3, -0.25) is 14.7 Å². The first-order valence-electron chi connectivity index (χ1n) is 14.7. The maximum atomic E-state index is 15.2. The number of carbonyl (C=O) groups is 1. The van der Waals surface area contributed by atoms with Crippen LogP contribution < -0.4 is 14.2 Å². The maximum Gasteiger partial charge on any atom is 0.269 e. The number of halogens is 2. The molecule has 1 amide bonds. The highest BCUT2D eigenvalue weighted by Gasteiger charge is 2.16. The van der Waals surface area contributed by atoms with E-state index in [9.17, 15) is 9.90 Å². The van der Waals surface area contributed by atoms with Crippen molar-refractivity contribution in [1.29, 1.82) is 0 Å². The third-order valence-corrected chi connectivity index (χ3v) is 7.85. The average molecular weight is 648 g/mol. The summed E-state index contributed by atoms with van der Waals surface area (Å²) in [5.74, 6) is -0.159. The van der Waals surface area contributed by atoms with Crippen LogP contribution in [0.4, 0.5) is 10.1 Å². The Kier molecular flexibility index (Phi) is 9.57. The number of aromatic amines is 1. The maximum absolute atomic E-state index is 15.2. The summed E-state index contributed by atoms with van der Waals surface area (Å²) in [6.07, 6.45) is 2.21. The number of azo groups is 1.